The Hall–Kier alpha value is -2.73. The quantitative estimate of drug-likeness (QED) is 0.217. The first-order chi connectivity index (χ1) is 14.2. The first kappa shape index (κ1) is 22.6. The number of carbonyl (C=O) groups excluding carboxylic acids is 1. The van der Waals surface area contributed by atoms with E-state index >= 15 is 0 Å². The Bertz CT molecular complexity index is 754. The van der Waals surface area contributed by atoms with Crippen LogP contribution in [0.5, 0.6) is 5.75 Å². The van der Waals surface area contributed by atoms with Crippen LogP contribution < -0.4 is 4.74 Å². The summed E-state index contributed by atoms with van der Waals surface area (Å²) in [7, 11) is 0. The Labute approximate surface area is 175 Å². The summed E-state index contributed by atoms with van der Waals surface area (Å²) in [6, 6.07) is 15.6. The molecule has 0 aliphatic rings. The zero-order chi connectivity index (χ0) is 20.7. The fourth-order valence-electron chi connectivity index (χ4n) is 3.02. The van der Waals surface area contributed by atoms with E-state index in [0.717, 1.165) is 49.2 Å². The summed E-state index contributed by atoms with van der Waals surface area (Å²) in [6.07, 6.45) is 13.8. The smallest absolute Gasteiger partial charge is 0.338 e. The molecule has 0 heterocycles. The lowest BCUT2D eigenvalue weighted by atomic mass is 10.0. The molecular weight excluding hydrogens is 360 g/mol. The van der Waals surface area contributed by atoms with Gasteiger partial charge in [0.2, 0.25) is 0 Å². The average Bonchev–Trinajstić information content (AvgIpc) is 2.76. The van der Waals surface area contributed by atoms with Crippen LogP contribution in [0.2, 0.25) is 0 Å². The molecule has 154 valence electrons. The summed E-state index contributed by atoms with van der Waals surface area (Å²) in [5.41, 5.74) is 2.71. The van der Waals surface area contributed by atoms with Crippen LogP contribution in [0.25, 0.3) is 11.1 Å². The van der Waals surface area contributed by atoms with Gasteiger partial charge in [-0.3, -0.25) is 0 Å². The molecule has 29 heavy (non-hydrogen) atoms. The molecule has 0 saturated carbocycles. The third-order valence-corrected chi connectivity index (χ3v) is 4.77. The lowest BCUT2D eigenvalue weighted by molar-refractivity contribution is 0.0499. The number of rotatable bonds is 13. The van der Waals surface area contributed by atoms with Crippen LogP contribution >= 0.6 is 0 Å². The van der Waals surface area contributed by atoms with E-state index < -0.39 is 0 Å². The second kappa shape index (κ2) is 13.4. The minimum atomic E-state index is -0.292. The van der Waals surface area contributed by atoms with Crippen molar-refractivity contribution < 1.29 is 14.3 Å². The van der Waals surface area contributed by atoms with E-state index in [9.17, 15) is 4.79 Å². The van der Waals surface area contributed by atoms with E-state index in [1.54, 1.807) is 12.1 Å². The van der Waals surface area contributed by atoms with Gasteiger partial charge < -0.3 is 9.47 Å². The van der Waals surface area contributed by atoms with Crippen LogP contribution in [-0.2, 0) is 4.74 Å². The van der Waals surface area contributed by atoms with Gasteiger partial charge in [0.1, 0.15) is 5.75 Å². The second-order valence-electron chi connectivity index (χ2n) is 7.16. The molecule has 2 rings (SSSR count). The van der Waals surface area contributed by atoms with Crippen molar-refractivity contribution in [2.75, 3.05) is 13.2 Å². The van der Waals surface area contributed by atoms with E-state index in [1.165, 1.54) is 25.7 Å². The molecule has 3 heteroatoms. The largest absolute Gasteiger partial charge is 0.494 e. The molecule has 0 aliphatic carbocycles. The molecule has 0 radical (unpaired) electrons. The maximum atomic E-state index is 12.1. The molecule has 0 saturated heterocycles. The number of carbonyl (C=O) groups is 1. The van der Waals surface area contributed by atoms with Crippen LogP contribution in [0, 0.1) is 12.3 Å². The van der Waals surface area contributed by atoms with Crippen molar-refractivity contribution in [3.63, 3.8) is 0 Å². The van der Waals surface area contributed by atoms with Crippen LogP contribution in [0.1, 0.15) is 68.6 Å². The minimum absolute atomic E-state index is 0.292. The lowest BCUT2D eigenvalue weighted by Gasteiger charge is -2.08. The lowest BCUT2D eigenvalue weighted by Crippen LogP contribution is -2.06. The highest BCUT2D eigenvalue weighted by molar-refractivity contribution is 5.90. The normalized spacial score (nSPS) is 10.3. The molecule has 2 aromatic carbocycles. The first-order valence-electron chi connectivity index (χ1n) is 10.7. The Morgan fingerprint density at radius 1 is 0.828 bits per heavy atom. The number of hydrogen-bond donors (Lipinski definition) is 0. The van der Waals surface area contributed by atoms with Gasteiger partial charge in [-0.05, 0) is 54.7 Å². The fraction of sp³-hybridized carbons (Fsp3) is 0.423. The van der Waals surface area contributed by atoms with Gasteiger partial charge in [-0.15, -0.1) is 12.3 Å². The van der Waals surface area contributed by atoms with Gasteiger partial charge >= 0.3 is 5.97 Å². The van der Waals surface area contributed by atoms with Gasteiger partial charge in [-0.1, -0.05) is 56.9 Å². The topological polar surface area (TPSA) is 35.5 Å². The van der Waals surface area contributed by atoms with Crippen molar-refractivity contribution in [2.24, 2.45) is 0 Å². The number of unbranched alkanes of at least 4 members (excludes halogenated alkanes) is 6. The molecule has 0 aliphatic heterocycles. The van der Waals surface area contributed by atoms with Gasteiger partial charge in [0, 0.05) is 6.42 Å². The maximum absolute atomic E-state index is 12.1. The van der Waals surface area contributed by atoms with Crippen LogP contribution in [0.15, 0.2) is 48.5 Å². The summed E-state index contributed by atoms with van der Waals surface area (Å²) in [6.45, 7) is 3.40. The maximum Gasteiger partial charge on any atom is 0.338 e. The summed E-state index contributed by atoms with van der Waals surface area (Å²) >= 11 is 0. The van der Waals surface area contributed by atoms with Crippen molar-refractivity contribution in [2.45, 2.75) is 58.3 Å². The Kier molecular flexibility index (Phi) is 10.5. The Morgan fingerprint density at radius 2 is 1.45 bits per heavy atom. The highest BCUT2D eigenvalue weighted by Crippen LogP contribution is 2.23. The fourth-order valence-corrected chi connectivity index (χ4v) is 3.02. The average molecular weight is 393 g/mol. The third-order valence-electron chi connectivity index (χ3n) is 4.77. The zero-order valence-electron chi connectivity index (χ0n) is 17.5. The Morgan fingerprint density at radius 3 is 2.10 bits per heavy atom. The summed E-state index contributed by atoms with van der Waals surface area (Å²) in [5, 5.41) is 0. The highest BCUT2D eigenvalue weighted by Gasteiger charge is 2.07. The second-order valence-corrected chi connectivity index (χ2v) is 7.16. The van der Waals surface area contributed by atoms with E-state index in [4.69, 9.17) is 15.9 Å². The molecule has 2 aromatic rings. The molecule has 0 fully saturated rings. The third kappa shape index (κ3) is 8.44. The van der Waals surface area contributed by atoms with E-state index in [2.05, 4.69) is 12.8 Å². The number of esters is 1. The molecule has 0 N–H and O–H groups in total. The van der Waals surface area contributed by atoms with Gasteiger partial charge in [0.25, 0.3) is 0 Å². The zero-order valence-corrected chi connectivity index (χ0v) is 17.5. The number of hydrogen-bond acceptors (Lipinski definition) is 3. The predicted molar refractivity (Wildman–Crippen MR) is 119 cm³/mol. The Balaban J connectivity index is 1.78. The van der Waals surface area contributed by atoms with Gasteiger partial charge in [0.15, 0.2) is 0 Å². The molecule has 0 aromatic heterocycles. The standard InChI is InChI=1S/C26H32O3/c1-3-5-7-9-11-20-28-25-18-16-23(17-19-25)22-12-14-24(15-13-22)26(27)29-21-10-8-6-4-2/h2,12-19H,3,5-11,20-21H2,1H3. The monoisotopic (exact) mass is 392 g/mol. The van der Waals surface area contributed by atoms with Gasteiger partial charge in [-0.25, -0.2) is 4.79 Å². The molecule has 0 atom stereocenters. The molecule has 0 amide bonds. The molecule has 0 spiro atoms. The molecule has 0 unspecified atom stereocenters. The van der Waals surface area contributed by atoms with E-state index in [1.807, 2.05) is 36.4 Å². The summed E-state index contributed by atoms with van der Waals surface area (Å²) < 4.78 is 11.1. The highest BCUT2D eigenvalue weighted by atomic mass is 16.5. The number of terminal acetylenes is 1. The van der Waals surface area contributed by atoms with Crippen LogP contribution in [0.3, 0.4) is 0 Å². The molecular formula is C26H32O3. The number of ether oxygens (including phenoxy) is 2. The molecule has 0 bridgehead atoms. The van der Waals surface area contributed by atoms with Crippen molar-refractivity contribution in [3.05, 3.63) is 54.1 Å². The summed E-state index contributed by atoms with van der Waals surface area (Å²) in [5.74, 6) is 3.19. The van der Waals surface area contributed by atoms with Crippen molar-refractivity contribution in [1.29, 1.82) is 0 Å². The van der Waals surface area contributed by atoms with E-state index in [-0.39, 0.29) is 5.97 Å². The summed E-state index contributed by atoms with van der Waals surface area (Å²) in [4.78, 5) is 12.1. The van der Waals surface area contributed by atoms with Crippen molar-refractivity contribution in [3.8, 4) is 29.2 Å². The van der Waals surface area contributed by atoms with Crippen molar-refractivity contribution >= 4 is 5.97 Å². The van der Waals surface area contributed by atoms with Crippen LogP contribution in [0.4, 0.5) is 0 Å². The van der Waals surface area contributed by atoms with Crippen molar-refractivity contribution in [1.82, 2.24) is 0 Å². The molecule has 3 nitrogen and oxygen atoms in total. The minimum Gasteiger partial charge on any atom is -0.494 e. The number of benzene rings is 2. The predicted octanol–water partition coefficient (Wildman–Crippen LogP) is 6.66. The van der Waals surface area contributed by atoms with E-state index in [0.29, 0.717) is 12.2 Å². The SMILES string of the molecule is C#CCCCCOC(=O)c1ccc(-c2ccc(OCCCCCCC)cc2)cc1. The first-order valence-corrected chi connectivity index (χ1v) is 10.7. The van der Waals surface area contributed by atoms with Gasteiger partial charge in [-0.2, -0.15) is 0 Å². The van der Waals surface area contributed by atoms with Crippen LogP contribution in [-0.4, -0.2) is 19.2 Å². The van der Waals surface area contributed by atoms with Gasteiger partial charge in [0.05, 0.1) is 18.8 Å².